The smallest absolute Gasteiger partial charge is 0.293 e. The largest absolute Gasteiger partial charge is 0.457 e. The molecule has 0 unspecified atom stereocenters. The Labute approximate surface area is 35.5 Å². The zero-order chi connectivity index (χ0) is 4.12. The van der Waals surface area contributed by atoms with E-state index < -0.39 is 0 Å². The lowest BCUT2D eigenvalue weighted by atomic mass is 11.5. The van der Waals surface area contributed by atoms with Crippen molar-refractivity contribution in [1.29, 1.82) is 0 Å². The van der Waals surface area contributed by atoms with Gasteiger partial charge in [0, 0.05) is 0 Å². The van der Waals surface area contributed by atoms with Crippen LogP contribution in [0, 0.1) is 0 Å². The maximum Gasteiger partial charge on any atom is 0.293 e. The number of carbonyl (C=O) groups is 1. The second-order valence-corrected chi connectivity index (χ2v) is 0.650. The van der Waals surface area contributed by atoms with Crippen LogP contribution in [0.15, 0.2) is 0 Å². The monoisotopic (exact) mass is 92.0 g/mol. The van der Waals surface area contributed by atoms with Gasteiger partial charge in [0.1, 0.15) is 5.94 Å². The Morgan fingerprint density at radius 1 is 2.00 bits per heavy atom. The summed E-state index contributed by atoms with van der Waals surface area (Å²) in [4.78, 5) is 9.13. The van der Waals surface area contributed by atoms with Crippen molar-refractivity contribution >= 4 is 19.1 Å². The van der Waals surface area contributed by atoms with Crippen LogP contribution in [0.3, 0.4) is 0 Å². The molecule has 0 rings (SSSR count). The van der Waals surface area contributed by atoms with Gasteiger partial charge in [-0.05, 0) is 0 Å². The van der Waals surface area contributed by atoms with Crippen LogP contribution in [0.1, 0.15) is 0 Å². The van der Waals surface area contributed by atoms with Gasteiger partial charge in [0.25, 0.3) is 6.47 Å². The summed E-state index contributed by atoms with van der Waals surface area (Å²) in [5, 5.41) is 0. The summed E-state index contributed by atoms with van der Waals surface area (Å²) < 4.78 is 4.02. The summed E-state index contributed by atoms with van der Waals surface area (Å²) in [5.74, 6) is 0.170. The van der Waals surface area contributed by atoms with Gasteiger partial charge in [-0.1, -0.05) is 0 Å². The third kappa shape index (κ3) is 3.82. The van der Waals surface area contributed by atoms with E-state index in [9.17, 15) is 0 Å². The van der Waals surface area contributed by atoms with E-state index in [4.69, 9.17) is 4.79 Å². The fourth-order valence-electron chi connectivity index (χ4n) is 0.0304. The minimum atomic E-state index is 0.170. The molecule has 2 nitrogen and oxygen atoms in total. The van der Waals surface area contributed by atoms with E-state index in [2.05, 4.69) is 17.4 Å². The van der Waals surface area contributed by atoms with Gasteiger partial charge in [-0.3, -0.25) is 4.79 Å². The number of ether oxygens (including phenoxy) is 1. The lowest BCUT2D eigenvalue weighted by Crippen LogP contribution is -1.77. The molecule has 0 radical (unpaired) electrons. The van der Waals surface area contributed by atoms with E-state index >= 15 is 0 Å². The molecule has 0 spiro atoms. The Bertz CT molecular complexity index is 28.8. The van der Waals surface area contributed by atoms with Crippen LogP contribution in [0.4, 0.5) is 0 Å². The lowest BCUT2D eigenvalue weighted by Gasteiger charge is -1.79. The summed E-state index contributed by atoms with van der Waals surface area (Å²) in [6.07, 6.45) is 0. The highest BCUT2D eigenvalue weighted by atomic mass is 32.1. The minimum absolute atomic E-state index is 0.170. The molecule has 0 N–H and O–H groups in total. The maximum atomic E-state index is 9.13. The van der Waals surface area contributed by atoms with Crippen LogP contribution in [-0.2, 0) is 9.53 Å². The van der Waals surface area contributed by atoms with Gasteiger partial charge in [-0.15, -0.1) is 12.6 Å². The van der Waals surface area contributed by atoms with Crippen molar-refractivity contribution < 1.29 is 9.53 Å². The van der Waals surface area contributed by atoms with Crippen molar-refractivity contribution in [2.75, 3.05) is 5.94 Å². The third-order valence-corrected chi connectivity index (χ3v) is 0.292. The van der Waals surface area contributed by atoms with E-state index in [1.54, 1.807) is 0 Å². The quantitative estimate of drug-likeness (QED) is 0.296. The fraction of sp³-hybridized carbons (Fsp3) is 0.500. The summed E-state index contributed by atoms with van der Waals surface area (Å²) in [6.45, 7) is 0.354. The molecule has 0 atom stereocenters. The van der Waals surface area contributed by atoms with Crippen LogP contribution < -0.4 is 0 Å². The summed E-state index contributed by atoms with van der Waals surface area (Å²) in [6, 6.07) is 0. The molecule has 0 aliphatic rings. The second-order valence-electron chi connectivity index (χ2n) is 0.392. The predicted octanol–water partition coefficient (Wildman–Crippen LogP) is 0.0467. The fourth-order valence-corrected chi connectivity index (χ4v) is 0.0913. The first kappa shape index (κ1) is 4.82. The van der Waals surface area contributed by atoms with Crippen LogP contribution in [-0.4, -0.2) is 12.4 Å². The molecular formula is C2H4O2S. The van der Waals surface area contributed by atoms with E-state index in [-0.39, 0.29) is 5.94 Å². The van der Waals surface area contributed by atoms with Crippen molar-refractivity contribution in [3.05, 3.63) is 0 Å². The Balaban J connectivity index is 2.40. The Morgan fingerprint density at radius 3 is 2.60 bits per heavy atom. The first-order valence-corrected chi connectivity index (χ1v) is 1.71. The lowest BCUT2D eigenvalue weighted by molar-refractivity contribution is -0.126. The average molecular weight is 92.1 g/mol. The van der Waals surface area contributed by atoms with Crippen LogP contribution in [0.2, 0.25) is 0 Å². The standard InChI is InChI=1S/C2H4O2S/c3-1-4-2-5/h1,5H,2H2. The normalized spacial score (nSPS) is 6.60. The molecule has 5 heavy (non-hydrogen) atoms. The molecule has 0 aromatic carbocycles. The first-order chi connectivity index (χ1) is 2.41. The SMILES string of the molecule is O=COCS. The first-order valence-electron chi connectivity index (χ1n) is 1.08. The number of thiol groups is 1. The van der Waals surface area contributed by atoms with Crippen molar-refractivity contribution in [2.24, 2.45) is 0 Å². The Morgan fingerprint density at radius 2 is 2.60 bits per heavy atom. The van der Waals surface area contributed by atoms with Gasteiger partial charge in [-0.25, -0.2) is 0 Å². The highest BCUT2D eigenvalue weighted by Gasteiger charge is 1.61. The summed E-state index contributed by atoms with van der Waals surface area (Å²) >= 11 is 3.55. The van der Waals surface area contributed by atoms with Crippen molar-refractivity contribution in [2.45, 2.75) is 0 Å². The Kier molecular flexibility index (Phi) is 3.68. The number of rotatable bonds is 2. The van der Waals surface area contributed by atoms with E-state index in [1.807, 2.05) is 0 Å². The van der Waals surface area contributed by atoms with Crippen LogP contribution >= 0.6 is 12.6 Å². The molecule has 30 valence electrons. The van der Waals surface area contributed by atoms with Gasteiger partial charge in [0.05, 0.1) is 0 Å². The summed E-state index contributed by atoms with van der Waals surface area (Å²) in [7, 11) is 0. The molecule has 0 saturated heterocycles. The summed E-state index contributed by atoms with van der Waals surface area (Å²) in [5.41, 5.74) is 0. The zero-order valence-corrected chi connectivity index (χ0v) is 3.44. The Hall–Kier alpha value is -0.180. The average Bonchev–Trinajstić information content (AvgIpc) is 1.41. The molecule has 0 aromatic rings. The number of carbonyl (C=O) groups excluding carboxylic acids is 1. The van der Waals surface area contributed by atoms with E-state index in [1.165, 1.54) is 0 Å². The van der Waals surface area contributed by atoms with Gasteiger partial charge in [0.15, 0.2) is 0 Å². The van der Waals surface area contributed by atoms with E-state index in [0.29, 0.717) is 6.47 Å². The molecule has 0 aliphatic heterocycles. The molecule has 3 heteroatoms. The molecular weight excluding hydrogens is 88.1 g/mol. The van der Waals surface area contributed by atoms with Crippen molar-refractivity contribution in [3.63, 3.8) is 0 Å². The maximum absolute atomic E-state index is 9.13. The minimum Gasteiger partial charge on any atom is -0.457 e. The number of hydrogen-bond acceptors (Lipinski definition) is 3. The van der Waals surface area contributed by atoms with Crippen LogP contribution in [0.25, 0.3) is 0 Å². The predicted molar refractivity (Wildman–Crippen MR) is 21.0 cm³/mol. The highest BCUT2D eigenvalue weighted by molar-refractivity contribution is 7.80. The molecule has 0 aromatic heterocycles. The molecule has 0 amide bonds. The van der Waals surface area contributed by atoms with Crippen molar-refractivity contribution in [1.82, 2.24) is 0 Å². The van der Waals surface area contributed by atoms with Gasteiger partial charge in [0.2, 0.25) is 0 Å². The van der Waals surface area contributed by atoms with E-state index in [0.717, 1.165) is 0 Å². The van der Waals surface area contributed by atoms with Gasteiger partial charge >= 0.3 is 0 Å². The third-order valence-electron chi connectivity index (χ3n) is 0.143. The number of hydrogen-bond donors (Lipinski definition) is 1. The van der Waals surface area contributed by atoms with Gasteiger partial charge in [-0.2, -0.15) is 0 Å². The molecule has 0 aliphatic carbocycles. The molecule has 0 fully saturated rings. The highest BCUT2D eigenvalue weighted by Crippen LogP contribution is 1.67. The molecule has 0 bridgehead atoms. The second kappa shape index (κ2) is 3.82. The molecule has 0 heterocycles. The zero-order valence-electron chi connectivity index (χ0n) is 2.55. The molecule has 0 saturated carbocycles. The van der Waals surface area contributed by atoms with Crippen molar-refractivity contribution in [3.8, 4) is 0 Å². The topological polar surface area (TPSA) is 26.3 Å². The van der Waals surface area contributed by atoms with Gasteiger partial charge < -0.3 is 4.74 Å². The van der Waals surface area contributed by atoms with Crippen LogP contribution in [0.5, 0.6) is 0 Å².